The molecule has 1 N–H and O–H groups in total. The van der Waals surface area contributed by atoms with Gasteiger partial charge < -0.3 is 4.74 Å². The lowest BCUT2D eigenvalue weighted by Crippen LogP contribution is -2.48. The number of hydrazone groups is 1. The van der Waals surface area contributed by atoms with Gasteiger partial charge in [0.1, 0.15) is 23.9 Å². The third kappa shape index (κ3) is 5.28. The van der Waals surface area contributed by atoms with Crippen LogP contribution in [0.5, 0.6) is 0 Å². The van der Waals surface area contributed by atoms with Gasteiger partial charge in [-0.25, -0.2) is 0 Å². The number of benzene rings is 1. The normalized spacial score (nSPS) is 16.1. The van der Waals surface area contributed by atoms with E-state index in [9.17, 15) is 29.8 Å². The number of nitro benzene ring substituents is 1. The number of imide groups is 1. The number of carbonyl (C=O) groups is 3. The van der Waals surface area contributed by atoms with E-state index >= 15 is 0 Å². The van der Waals surface area contributed by atoms with E-state index in [0.717, 1.165) is 11.0 Å². The lowest BCUT2D eigenvalue weighted by Gasteiger charge is -2.26. The molecule has 1 atom stereocenters. The van der Waals surface area contributed by atoms with E-state index in [4.69, 9.17) is 16.3 Å². The van der Waals surface area contributed by atoms with Gasteiger partial charge in [-0.1, -0.05) is 25.4 Å². The van der Waals surface area contributed by atoms with Crippen LogP contribution in [0.25, 0.3) is 0 Å². The van der Waals surface area contributed by atoms with E-state index in [-0.39, 0.29) is 52.3 Å². The maximum absolute atomic E-state index is 12.9. The third-order valence-electron chi connectivity index (χ3n) is 4.77. The fraction of sp³-hybridized carbons (Fsp3) is 0.350. The van der Waals surface area contributed by atoms with Crippen LogP contribution < -0.4 is 5.43 Å². The van der Waals surface area contributed by atoms with Crippen LogP contribution in [0.15, 0.2) is 34.4 Å². The maximum Gasteiger partial charge on any atom is 0.308 e. The number of nitrogens with one attached hydrogen (secondary N) is 1. The van der Waals surface area contributed by atoms with E-state index in [1.807, 2.05) is 6.92 Å². The van der Waals surface area contributed by atoms with Gasteiger partial charge >= 0.3 is 5.97 Å². The number of hydrogen-bond donors (Lipinski definition) is 1. The molecule has 1 heterocycles. The second kappa shape index (κ2) is 10.5. The average Bonchev–Trinajstić information content (AvgIpc) is 2.76. The molecule has 0 fully saturated rings. The van der Waals surface area contributed by atoms with Crippen molar-refractivity contribution in [3.63, 3.8) is 0 Å². The second-order valence-electron chi connectivity index (χ2n) is 6.84. The van der Waals surface area contributed by atoms with Crippen molar-refractivity contribution in [3.05, 3.63) is 44.5 Å². The molecule has 11 nitrogen and oxygen atoms in total. The number of halogens is 1. The van der Waals surface area contributed by atoms with Gasteiger partial charge in [-0.05, 0) is 25.5 Å². The highest BCUT2D eigenvalue weighted by molar-refractivity contribution is 6.50. The quantitative estimate of drug-likeness (QED) is 0.268. The summed E-state index contributed by atoms with van der Waals surface area (Å²) in [5.74, 6) is -2.49. The van der Waals surface area contributed by atoms with Gasteiger partial charge in [0.05, 0.1) is 17.4 Å². The summed E-state index contributed by atoms with van der Waals surface area (Å²) in [6.07, 6.45) is 0.570. The first-order valence-electron chi connectivity index (χ1n) is 9.54. The highest BCUT2D eigenvalue weighted by Crippen LogP contribution is 2.28. The molecule has 0 aromatic heterocycles. The van der Waals surface area contributed by atoms with Crippen LogP contribution in [0.1, 0.15) is 27.2 Å². The van der Waals surface area contributed by atoms with Crippen molar-refractivity contribution >= 4 is 46.5 Å². The molecule has 0 saturated heterocycles. The lowest BCUT2D eigenvalue weighted by molar-refractivity contribution is -0.383. The number of nitriles is 1. The predicted molar refractivity (Wildman–Crippen MR) is 115 cm³/mol. The number of carbonyl (C=O) groups excluding carboxylic acids is 3. The number of anilines is 1. The number of amides is 2. The van der Waals surface area contributed by atoms with Crippen molar-refractivity contribution in [2.45, 2.75) is 27.2 Å². The standard InChI is InChI=1S/C20H20ClN5O6/c1-4-11(2)20(29)32-8-7-25-18(27)14(10-22)12(3)17(19(25)28)24-23-15-6-5-13(21)9-16(15)26(30)31/h5-6,9,11,23H,4,7-8H2,1-3H3/b24-17-. The van der Waals surface area contributed by atoms with E-state index in [0.29, 0.717) is 6.42 Å². The van der Waals surface area contributed by atoms with Crippen LogP contribution in [-0.2, 0) is 19.1 Å². The Morgan fingerprint density at radius 2 is 2.09 bits per heavy atom. The third-order valence-corrected chi connectivity index (χ3v) is 5.00. The fourth-order valence-corrected chi connectivity index (χ4v) is 2.84. The number of hydrogen-bond acceptors (Lipinski definition) is 9. The first-order chi connectivity index (χ1) is 15.1. The molecule has 0 bridgehead atoms. The largest absolute Gasteiger partial charge is 0.464 e. The maximum atomic E-state index is 12.9. The van der Waals surface area contributed by atoms with Crippen molar-refractivity contribution in [1.29, 1.82) is 5.26 Å². The minimum Gasteiger partial charge on any atom is -0.464 e. The Balaban J connectivity index is 2.31. The van der Waals surface area contributed by atoms with Crippen LogP contribution in [0.4, 0.5) is 11.4 Å². The Hall–Kier alpha value is -3.78. The van der Waals surface area contributed by atoms with Crippen molar-refractivity contribution in [3.8, 4) is 6.07 Å². The van der Waals surface area contributed by atoms with Gasteiger partial charge in [0.15, 0.2) is 5.71 Å². The van der Waals surface area contributed by atoms with E-state index < -0.39 is 22.7 Å². The Bertz CT molecular complexity index is 1070. The smallest absolute Gasteiger partial charge is 0.308 e. The summed E-state index contributed by atoms with van der Waals surface area (Å²) in [6.45, 7) is 4.34. The number of ether oxygens (including phenoxy) is 1. The van der Waals surface area contributed by atoms with Gasteiger partial charge in [0.2, 0.25) is 0 Å². The molecule has 0 aliphatic carbocycles. The van der Waals surface area contributed by atoms with Gasteiger partial charge in [0.25, 0.3) is 17.5 Å². The summed E-state index contributed by atoms with van der Waals surface area (Å²) >= 11 is 5.78. The zero-order chi connectivity index (χ0) is 24.0. The summed E-state index contributed by atoms with van der Waals surface area (Å²) in [4.78, 5) is 48.5. The van der Waals surface area contributed by atoms with E-state index in [1.165, 1.54) is 19.1 Å². The predicted octanol–water partition coefficient (Wildman–Crippen LogP) is 2.81. The molecule has 32 heavy (non-hydrogen) atoms. The molecule has 1 aromatic rings. The number of nitro groups is 1. The molecule has 1 unspecified atom stereocenters. The number of nitrogens with zero attached hydrogens (tertiary/aromatic N) is 4. The van der Waals surface area contributed by atoms with Crippen LogP contribution in [0, 0.1) is 27.4 Å². The molecule has 0 saturated carbocycles. The van der Waals surface area contributed by atoms with Gasteiger partial charge in [0, 0.05) is 16.7 Å². The Morgan fingerprint density at radius 3 is 2.69 bits per heavy atom. The van der Waals surface area contributed by atoms with Gasteiger partial charge in [-0.2, -0.15) is 10.4 Å². The minimum atomic E-state index is -0.842. The van der Waals surface area contributed by atoms with Crippen LogP contribution >= 0.6 is 11.6 Å². The van der Waals surface area contributed by atoms with E-state index in [2.05, 4.69) is 10.5 Å². The Kier molecular flexibility index (Phi) is 8.03. The zero-order valence-electron chi connectivity index (χ0n) is 17.5. The molecule has 1 aliphatic heterocycles. The van der Waals surface area contributed by atoms with Crippen molar-refractivity contribution < 1.29 is 24.0 Å². The number of rotatable bonds is 8. The topological polar surface area (TPSA) is 155 Å². The molecule has 0 spiro atoms. The molecule has 1 aliphatic rings. The average molecular weight is 462 g/mol. The SMILES string of the molecule is CCC(C)C(=O)OCCN1C(=O)C(C#N)=C(C)/C(=N/Nc2ccc(Cl)cc2[N+](=O)[O-])C1=O. The molecule has 2 amide bonds. The molecular weight excluding hydrogens is 442 g/mol. The van der Waals surface area contributed by atoms with Crippen LogP contribution in [-0.4, -0.2) is 46.5 Å². The first-order valence-corrected chi connectivity index (χ1v) is 9.91. The molecular formula is C20H20ClN5O6. The summed E-state index contributed by atoms with van der Waals surface area (Å²) in [5.41, 5.74) is 1.43. The van der Waals surface area contributed by atoms with Crippen LogP contribution in [0.2, 0.25) is 5.02 Å². The first kappa shape index (κ1) is 24.5. The summed E-state index contributed by atoms with van der Waals surface area (Å²) in [7, 11) is 0. The van der Waals surface area contributed by atoms with Gasteiger partial charge in [-0.3, -0.25) is 34.8 Å². The van der Waals surface area contributed by atoms with Crippen molar-refractivity contribution in [1.82, 2.24) is 4.90 Å². The zero-order valence-corrected chi connectivity index (χ0v) is 18.3. The van der Waals surface area contributed by atoms with E-state index in [1.54, 1.807) is 13.0 Å². The van der Waals surface area contributed by atoms with Crippen molar-refractivity contribution in [2.24, 2.45) is 11.0 Å². The highest BCUT2D eigenvalue weighted by Gasteiger charge is 2.37. The summed E-state index contributed by atoms with van der Waals surface area (Å²) in [6, 6.07) is 5.55. The molecule has 0 radical (unpaired) electrons. The van der Waals surface area contributed by atoms with Crippen molar-refractivity contribution in [2.75, 3.05) is 18.6 Å². The minimum absolute atomic E-state index is 0.0134. The molecule has 12 heteroatoms. The number of esters is 1. The Morgan fingerprint density at radius 1 is 1.41 bits per heavy atom. The summed E-state index contributed by atoms with van der Waals surface area (Å²) < 4.78 is 5.08. The van der Waals surface area contributed by atoms with Gasteiger partial charge in [-0.15, -0.1) is 0 Å². The Labute approximate surface area is 188 Å². The fourth-order valence-electron chi connectivity index (χ4n) is 2.67. The summed E-state index contributed by atoms with van der Waals surface area (Å²) in [5, 5.41) is 24.7. The monoisotopic (exact) mass is 461 g/mol. The van der Waals surface area contributed by atoms with Crippen LogP contribution in [0.3, 0.4) is 0 Å². The molecule has 168 valence electrons. The highest BCUT2D eigenvalue weighted by atomic mass is 35.5. The lowest BCUT2D eigenvalue weighted by atomic mass is 9.99. The second-order valence-corrected chi connectivity index (χ2v) is 7.28. The molecule has 1 aromatic carbocycles. The molecule has 2 rings (SSSR count).